The molecule has 1 aliphatic carbocycles. The van der Waals surface area contributed by atoms with Crippen molar-refractivity contribution in [3.05, 3.63) is 0 Å². The predicted molar refractivity (Wildman–Crippen MR) is 67.9 cm³/mol. The van der Waals surface area contributed by atoms with Gasteiger partial charge in [0.05, 0.1) is 13.2 Å². The zero-order valence-corrected chi connectivity index (χ0v) is 11.4. The molecule has 104 valence electrons. The number of rotatable bonds is 7. The summed E-state index contributed by atoms with van der Waals surface area (Å²) < 4.78 is 10.1. The summed E-state index contributed by atoms with van der Waals surface area (Å²) in [6.07, 6.45) is 5.97. The summed E-state index contributed by atoms with van der Waals surface area (Å²) in [6.45, 7) is 4.37. The van der Waals surface area contributed by atoms with Gasteiger partial charge in [0.15, 0.2) is 5.92 Å². The van der Waals surface area contributed by atoms with Gasteiger partial charge in [-0.2, -0.15) is 0 Å². The lowest BCUT2D eigenvalue weighted by Gasteiger charge is -2.17. The molecule has 0 heterocycles. The maximum atomic E-state index is 11.9. The molecule has 1 rings (SSSR count). The van der Waals surface area contributed by atoms with Crippen molar-refractivity contribution in [3.63, 3.8) is 0 Å². The Labute approximate surface area is 109 Å². The maximum Gasteiger partial charge on any atom is 0.320 e. The molecule has 0 aromatic heterocycles. The average Bonchev–Trinajstić information content (AvgIpc) is 2.86. The topological polar surface area (TPSA) is 52.6 Å². The standard InChI is InChI=1S/C14H24O4/c1-3-9-18-14(16)12(13(15)17-4-2)10-11-7-5-6-8-11/h11-12H,3-10H2,1-2H3. The summed E-state index contributed by atoms with van der Waals surface area (Å²) in [7, 11) is 0. The number of hydrogen-bond donors (Lipinski definition) is 0. The summed E-state index contributed by atoms with van der Waals surface area (Å²) in [5, 5.41) is 0. The fourth-order valence-corrected chi connectivity index (χ4v) is 2.41. The number of hydrogen-bond acceptors (Lipinski definition) is 4. The van der Waals surface area contributed by atoms with Gasteiger partial charge in [0, 0.05) is 0 Å². The molecule has 1 atom stereocenters. The van der Waals surface area contributed by atoms with Gasteiger partial charge >= 0.3 is 11.9 Å². The molecule has 0 N–H and O–H groups in total. The number of esters is 2. The minimum Gasteiger partial charge on any atom is -0.465 e. The quantitative estimate of drug-likeness (QED) is 0.519. The summed E-state index contributed by atoms with van der Waals surface area (Å²) in [5.74, 6) is -1.10. The lowest BCUT2D eigenvalue weighted by molar-refractivity contribution is -0.162. The SMILES string of the molecule is CCCOC(=O)C(CC1CCCC1)C(=O)OCC. The van der Waals surface area contributed by atoms with E-state index in [-0.39, 0.29) is 0 Å². The average molecular weight is 256 g/mol. The predicted octanol–water partition coefficient (Wildman–Crippen LogP) is 2.70. The first-order valence-corrected chi connectivity index (χ1v) is 7.02. The van der Waals surface area contributed by atoms with E-state index in [0.29, 0.717) is 25.6 Å². The van der Waals surface area contributed by atoms with Crippen LogP contribution >= 0.6 is 0 Å². The van der Waals surface area contributed by atoms with E-state index < -0.39 is 17.9 Å². The van der Waals surface area contributed by atoms with Crippen LogP contribution in [0.5, 0.6) is 0 Å². The van der Waals surface area contributed by atoms with Crippen LogP contribution in [0.2, 0.25) is 0 Å². The molecule has 0 aromatic rings. The number of carbonyl (C=O) groups excluding carboxylic acids is 2. The number of ether oxygens (including phenoxy) is 2. The van der Waals surface area contributed by atoms with E-state index in [1.165, 1.54) is 12.8 Å². The largest absolute Gasteiger partial charge is 0.465 e. The second-order valence-corrected chi connectivity index (χ2v) is 4.86. The number of carbonyl (C=O) groups is 2. The van der Waals surface area contributed by atoms with Crippen molar-refractivity contribution in [3.8, 4) is 0 Å². The van der Waals surface area contributed by atoms with Crippen LogP contribution in [0.1, 0.15) is 52.4 Å². The van der Waals surface area contributed by atoms with Crippen molar-refractivity contribution in [2.75, 3.05) is 13.2 Å². The molecule has 0 spiro atoms. The highest BCUT2D eigenvalue weighted by Gasteiger charge is 2.33. The van der Waals surface area contributed by atoms with Gasteiger partial charge in [0.2, 0.25) is 0 Å². The van der Waals surface area contributed by atoms with Gasteiger partial charge in [-0.25, -0.2) is 0 Å². The lowest BCUT2D eigenvalue weighted by Crippen LogP contribution is -2.30. The van der Waals surface area contributed by atoms with Crippen LogP contribution < -0.4 is 0 Å². The Bertz CT molecular complexity index is 269. The van der Waals surface area contributed by atoms with Crippen LogP contribution in [0.3, 0.4) is 0 Å². The van der Waals surface area contributed by atoms with Crippen LogP contribution in [-0.2, 0) is 19.1 Å². The molecule has 18 heavy (non-hydrogen) atoms. The third-order valence-electron chi connectivity index (χ3n) is 3.35. The van der Waals surface area contributed by atoms with Gasteiger partial charge in [-0.05, 0) is 25.7 Å². The Morgan fingerprint density at radius 1 is 1.11 bits per heavy atom. The Hall–Kier alpha value is -1.06. The Kier molecular flexibility index (Phi) is 6.76. The summed E-state index contributed by atoms with van der Waals surface area (Å²) >= 11 is 0. The van der Waals surface area contributed by atoms with E-state index in [0.717, 1.165) is 19.3 Å². The van der Waals surface area contributed by atoms with Crippen molar-refractivity contribution in [1.29, 1.82) is 0 Å². The lowest BCUT2D eigenvalue weighted by atomic mass is 9.93. The van der Waals surface area contributed by atoms with Crippen molar-refractivity contribution < 1.29 is 19.1 Å². The van der Waals surface area contributed by atoms with E-state index in [9.17, 15) is 9.59 Å². The molecular formula is C14H24O4. The van der Waals surface area contributed by atoms with E-state index in [4.69, 9.17) is 9.47 Å². The van der Waals surface area contributed by atoms with Gasteiger partial charge in [-0.1, -0.05) is 32.6 Å². The van der Waals surface area contributed by atoms with Crippen LogP contribution in [0.25, 0.3) is 0 Å². The molecule has 0 radical (unpaired) electrons. The molecule has 4 heteroatoms. The highest BCUT2D eigenvalue weighted by Crippen LogP contribution is 2.31. The first kappa shape index (κ1) is 15.0. The Morgan fingerprint density at radius 2 is 1.72 bits per heavy atom. The van der Waals surface area contributed by atoms with E-state index in [1.54, 1.807) is 6.92 Å². The highest BCUT2D eigenvalue weighted by atomic mass is 16.6. The van der Waals surface area contributed by atoms with Gasteiger partial charge in [0.25, 0.3) is 0 Å². The fourth-order valence-electron chi connectivity index (χ4n) is 2.41. The molecule has 0 amide bonds. The first-order chi connectivity index (χ1) is 8.69. The van der Waals surface area contributed by atoms with E-state index >= 15 is 0 Å². The summed E-state index contributed by atoms with van der Waals surface area (Å²) in [6, 6.07) is 0. The third-order valence-corrected chi connectivity index (χ3v) is 3.35. The molecular weight excluding hydrogens is 232 g/mol. The molecule has 0 saturated heterocycles. The zero-order valence-electron chi connectivity index (χ0n) is 11.4. The van der Waals surface area contributed by atoms with Crippen LogP contribution in [0.4, 0.5) is 0 Å². The molecule has 0 bridgehead atoms. The van der Waals surface area contributed by atoms with Crippen molar-refractivity contribution in [2.45, 2.75) is 52.4 Å². The second kappa shape index (κ2) is 8.11. The van der Waals surface area contributed by atoms with E-state index in [1.807, 2.05) is 6.92 Å². The van der Waals surface area contributed by atoms with Gasteiger partial charge in [-0.3, -0.25) is 9.59 Å². The highest BCUT2D eigenvalue weighted by molar-refractivity contribution is 5.94. The van der Waals surface area contributed by atoms with Crippen LogP contribution in [-0.4, -0.2) is 25.2 Å². The Balaban J connectivity index is 2.55. The van der Waals surface area contributed by atoms with Gasteiger partial charge in [-0.15, -0.1) is 0 Å². The maximum absolute atomic E-state index is 11.9. The molecule has 1 aliphatic rings. The summed E-state index contributed by atoms with van der Waals surface area (Å²) in [5.41, 5.74) is 0. The van der Waals surface area contributed by atoms with E-state index in [2.05, 4.69) is 0 Å². The third kappa shape index (κ3) is 4.67. The molecule has 1 unspecified atom stereocenters. The second-order valence-electron chi connectivity index (χ2n) is 4.86. The molecule has 0 aliphatic heterocycles. The smallest absolute Gasteiger partial charge is 0.320 e. The van der Waals surface area contributed by atoms with Crippen molar-refractivity contribution in [2.24, 2.45) is 11.8 Å². The monoisotopic (exact) mass is 256 g/mol. The zero-order chi connectivity index (χ0) is 13.4. The fraction of sp³-hybridized carbons (Fsp3) is 0.857. The molecule has 4 nitrogen and oxygen atoms in total. The van der Waals surface area contributed by atoms with Crippen molar-refractivity contribution in [1.82, 2.24) is 0 Å². The summed E-state index contributed by atoms with van der Waals surface area (Å²) in [4.78, 5) is 23.7. The van der Waals surface area contributed by atoms with Crippen LogP contribution in [0.15, 0.2) is 0 Å². The Morgan fingerprint density at radius 3 is 2.28 bits per heavy atom. The molecule has 0 aromatic carbocycles. The van der Waals surface area contributed by atoms with Crippen LogP contribution in [0, 0.1) is 11.8 Å². The normalized spacial score (nSPS) is 17.4. The molecule has 1 fully saturated rings. The van der Waals surface area contributed by atoms with Gasteiger partial charge in [0.1, 0.15) is 0 Å². The first-order valence-electron chi connectivity index (χ1n) is 7.02. The van der Waals surface area contributed by atoms with Gasteiger partial charge < -0.3 is 9.47 Å². The minimum atomic E-state index is -0.723. The minimum absolute atomic E-state index is 0.307. The molecule has 1 saturated carbocycles. The van der Waals surface area contributed by atoms with Crippen molar-refractivity contribution >= 4 is 11.9 Å².